The van der Waals surface area contributed by atoms with Crippen molar-refractivity contribution in [1.82, 2.24) is 10.2 Å². The summed E-state index contributed by atoms with van der Waals surface area (Å²) in [5, 5.41) is 3.71. The highest BCUT2D eigenvalue weighted by atomic mass is 15.2. The number of hydrogen-bond acceptors (Lipinski definition) is 2. The minimum atomic E-state index is 0.815. The molecule has 2 heterocycles. The van der Waals surface area contributed by atoms with Gasteiger partial charge in [-0.2, -0.15) is 0 Å². The van der Waals surface area contributed by atoms with Gasteiger partial charge in [0, 0.05) is 18.1 Å². The predicted molar refractivity (Wildman–Crippen MR) is 65.1 cm³/mol. The molecule has 88 valence electrons. The molecule has 0 aromatic carbocycles. The molecule has 2 saturated heterocycles. The zero-order valence-electron chi connectivity index (χ0n) is 10.3. The van der Waals surface area contributed by atoms with Crippen LogP contribution in [0.15, 0.2) is 0 Å². The fourth-order valence-corrected chi connectivity index (χ4v) is 3.41. The van der Waals surface area contributed by atoms with Crippen molar-refractivity contribution in [2.45, 2.75) is 70.5 Å². The van der Waals surface area contributed by atoms with Gasteiger partial charge >= 0.3 is 0 Å². The Morgan fingerprint density at radius 2 is 1.73 bits per heavy atom. The lowest BCUT2D eigenvalue weighted by atomic mass is 9.97. The van der Waals surface area contributed by atoms with Gasteiger partial charge < -0.3 is 5.32 Å². The topological polar surface area (TPSA) is 15.3 Å². The van der Waals surface area contributed by atoms with E-state index in [-0.39, 0.29) is 0 Å². The average Bonchev–Trinajstić information content (AvgIpc) is 2.51. The summed E-state index contributed by atoms with van der Waals surface area (Å²) in [6.07, 6.45) is 8.29. The molecule has 2 atom stereocenters. The van der Waals surface area contributed by atoms with E-state index in [2.05, 4.69) is 24.1 Å². The van der Waals surface area contributed by atoms with Crippen LogP contribution in [0.3, 0.4) is 0 Å². The minimum Gasteiger partial charge on any atom is -0.314 e. The zero-order valence-corrected chi connectivity index (χ0v) is 10.3. The van der Waals surface area contributed by atoms with Gasteiger partial charge in [-0.1, -0.05) is 13.8 Å². The molecule has 0 spiro atoms. The molecule has 0 amide bonds. The highest BCUT2D eigenvalue weighted by Gasteiger charge is 2.39. The number of piperidine rings is 1. The molecule has 2 rings (SSSR count). The highest BCUT2D eigenvalue weighted by Crippen LogP contribution is 2.35. The molecule has 2 nitrogen and oxygen atoms in total. The van der Waals surface area contributed by atoms with Crippen molar-refractivity contribution in [3.8, 4) is 0 Å². The lowest BCUT2D eigenvalue weighted by Crippen LogP contribution is -2.49. The molecule has 2 fully saturated rings. The summed E-state index contributed by atoms with van der Waals surface area (Å²) in [5.41, 5.74) is 0. The summed E-state index contributed by atoms with van der Waals surface area (Å²) in [5.74, 6) is 0. The van der Waals surface area contributed by atoms with Crippen LogP contribution in [0.4, 0.5) is 0 Å². The zero-order chi connectivity index (χ0) is 10.7. The molecule has 2 aliphatic heterocycles. The van der Waals surface area contributed by atoms with Crippen molar-refractivity contribution < 1.29 is 0 Å². The molecule has 2 aliphatic rings. The number of hydrogen-bond donors (Lipinski definition) is 1. The van der Waals surface area contributed by atoms with Crippen LogP contribution in [0, 0.1) is 0 Å². The van der Waals surface area contributed by atoms with Gasteiger partial charge in [0.1, 0.15) is 0 Å². The minimum absolute atomic E-state index is 0.815. The molecule has 1 N–H and O–H groups in total. The van der Waals surface area contributed by atoms with E-state index in [0.717, 1.165) is 18.1 Å². The maximum Gasteiger partial charge on any atom is 0.0114 e. The third-order valence-corrected chi connectivity index (χ3v) is 4.05. The molecule has 0 radical (unpaired) electrons. The monoisotopic (exact) mass is 210 g/mol. The predicted octanol–water partition coefficient (Wildman–Crippen LogP) is 2.39. The summed E-state index contributed by atoms with van der Waals surface area (Å²) in [6.45, 7) is 7.10. The van der Waals surface area contributed by atoms with Gasteiger partial charge in [-0.25, -0.2) is 0 Å². The Labute approximate surface area is 94.4 Å². The van der Waals surface area contributed by atoms with Gasteiger partial charge in [-0.15, -0.1) is 0 Å². The first-order valence-electron chi connectivity index (χ1n) is 6.84. The van der Waals surface area contributed by atoms with Crippen molar-refractivity contribution >= 4 is 0 Å². The van der Waals surface area contributed by atoms with Crippen molar-refractivity contribution in [2.24, 2.45) is 0 Å². The van der Waals surface area contributed by atoms with Gasteiger partial charge in [-0.3, -0.25) is 4.90 Å². The van der Waals surface area contributed by atoms with Crippen molar-refractivity contribution in [3.05, 3.63) is 0 Å². The van der Waals surface area contributed by atoms with Crippen molar-refractivity contribution in [2.75, 3.05) is 13.1 Å². The fraction of sp³-hybridized carbons (Fsp3) is 1.00. The van der Waals surface area contributed by atoms with E-state index in [9.17, 15) is 0 Å². The first kappa shape index (κ1) is 11.4. The van der Waals surface area contributed by atoms with Crippen LogP contribution in [0.2, 0.25) is 0 Å². The van der Waals surface area contributed by atoms with E-state index in [1.54, 1.807) is 0 Å². The second-order valence-corrected chi connectivity index (χ2v) is 5.25. The van der Waals surface area contributed by atoms with E-state index in [1.807, 2.05) is 0 Å². The molecule has 15 heavy (non-hydrogen) atoms. The standard InChI is InChI=1S/C13H26N2/c1-3-7-14-11-9-12-5-6-13(10-11)15(12)8-4-2/h11-14H,3-10H2,1-2H3. The third kappa shape index (κ3) is 2.54. The lowest BCUT2D eigenvalue weighted by Gasteiger charge is -2.39. The average molecular weight is 210 g/mol. The summed E-state index contributed by atoms with van der Waals surface area (Å²) in [6, 6.07) is 2.62. The second kappa shape index (κ2) is 5.31. The number of nitrogens with zero attached hydrogens (tertiary/aromatic N) is 1. The van der Waals surface area contributed by atoms with E-state index >= 15 is 0 Å². The SMILES string of the molecule is CCCNC1CC2CCC(C1)N2CCC. The smallest absolute Gasteiger partial charge is 0.0114 e. The maximum absolute atomic E-state index is 3.71. The van der Waals surface area contributed by atoms with Crippen LogP contribution in [0.5, 0.6) is 0 Å². The maximum atomic E-state index is 3.71. The third-order valence-electron chi connectivity index (χ3n) is 4.05. The van der Waals surface area contributed by atoms with E-state index < -0.39 is 0 Å². The van der Waals surface area contributed by atoms with Crippen LogP contribution in [0.25, 0.3) is 0 Å². The van der Waals surface area contributed by atoms with Gasteiger partial charge in [0.05, 0.1) is 0 Å². The molecular weight excluding hydrogens is 184 g/mol. The highest BCUT2D eigenvalue weighted by molar-refractivity contribution is 4.97. The molecule has 0 aromatic rings. The van der Waals surface area contributed by atoms with Crippen LogP contribution in [-0.2, 0) is 0 Å². The second-order valence-electron chi connectivity index (χ2n) is 5.25. The largest absolute Gasteiger partial charge is 0.314 e. The first-order valence-corrected chi connectivity index (χ1v) is 6.84. The van der Waals surface area contributed by atoms with Crippen LogP contribution >= 0.6 is 0 Å². The lowest BCUT2D eigenvalue weighted by molar-refractivity contribution is 0.117. The number of nitrogens with one attached hydrogen (secondary N) is 1. The van der Waals surface area contributed by atoms with Crippen LogP contribution < -0.4 is 5.32 Å². The molecule has 0 aliphatic carbocycles. The number of fused-ring (bicyclic) bond motifs is 2. The Bertz CT molecular complexity index is 179. The fourth-order valence-electron chi connectivity index (χ4n) is 3.41. The molecule has 2 unspecified atom stereocenters. The Morgan fingerprint density at radius 1 is 1.07 bits per heavy atom. The van der Waals surface area contributed by atoms with Crippen molar-refractivity contribution in [3.63, 3.8) is 0 Å². The Kier molecular flexibility index (Phi) is 4.04. The Balaban J connectivity index is 1.84. The number of rotatable bonds is 5. The normalized spacial score (nSPS) is 36.0. The van der Waals surface area contributed by atoms with Gasteiger partial charge in [0.25, 0.3) is 0 Å². The molecular formula is C13H26N2. The molecule has 2 bridgehead atoms. The van der Waals surface area contributed by atoms with Crippen LogP contribution in [0.1, 0.15) is 52.4 Å². The van der Waals surface area contributed by atoms with Crippen LogP contribution in [-0.4, -0.2) is 36.1 Å². The van der Waals surface area contributed by atoms with E-state index in [1.165, 1.54) is 51.6 Å². The van der Waals surface area contributed by atoms with Gasteiger partial charge in [0.15, 0.2) is 0 Å². The Morgan fingerprint density at radius 3 is 2.27 bits per heavy atom. The van der Waals surface area contributed by atoms with E-state index in [4.69, 9.17) is 0 Å². The molecule has 0 aromatic heterocycles. The summed E-state index contributed by atoms with van der Waals surface area (Å²) < 4.78 is 0. The molecule has 0 saturated carbocycles. The first-order chi connectivity index (χ1) is 7.35. The van der Waals surface area contributed by atoms with Gasteiger partial charge in [-0.05, 0) is 51.6 Å². The summed E-state index contributed by atoms with van der Waals surface area (Å²) in [7, 11) is 0. The summed E-state index contributed by atoms with van der Waals surface area (Å²) >= 11 is 0. The van der Waals surface area contributed by atoms with Gasteiger partial charge in [0.2, 0.25) is 0 Å². The van der Waals surface area contributed by atoms with E-state index in [0.29, 0.717) is 0 Å². The Hall–Kier alpha value is -0.0800. The quantitative estimate of drug-likeness (QED) is 0.749. The molecule has 2 heteroatoms. The summed E-state index contributed by atoms with van der Waals surface area (Å²) in [4.78, 5) is 2.78. The van der Waals surface area contributed by atoms with Crippen molar-refractivity contribution in [1.29, 1.82) is 0 Å².